The number of rotatable bonds is 7. The van der Waals surface area contributed by atoms with E-state index in [0.29, 0.717) is 37.3 Å². The van der Waals surface area contributed by atoms with E-state index in [1.807, 2.05) is 0 Å². The minimum Gasteiger partial charge on any atom is -0.364 e. The lowest BCUT2D eigenvalue weighted by Crippen LogP contribution is -2.54. The van der Waals surface area contributed by atoms with Crippen molar-refractivity contribution >= 4 is 40.0 Å². The number of aromatic nitrogens is 1. The van der Waals surface area contributed by atoms with Gasteiger partial charge in [-0.1, -0.05) is 35.5 Å². The predicted octanol–water partition coefficient (Wildman–Crippen LogP) is 2.34. The van der Waals surface area contributed by atoms with Crippen LogP contribution in [0, 0.1) is 5.41 Å². The number of nitrogens with one attached hydrogen (secondary N) is 1. The monoisotopic (exact) mass is 559 g/mol. The second-order valence-electron chi connectivity index (χ2n) is 8.20. The number of guanidine groups is 1. The smallest absolute Gasteiger partial charge is 0.220 e. The van der Waals surface area contributed by atoms with Crippen molar-refractivity contribution in [1.82, 2.24) is 19.7 Å². The molecule has 2 heterocycles. The fourth-order valence-electron chi connectivity index (χ4n) is 3.99. The van der Waals surface area contributed by atoms with Gasteiger partial charge in [0.15, 0.2) is 5.96 Å². The van der Waals surface area contributed by atoms with Crippen LogP contribution in [0.2, 0.25) is 0 Å². The van der Waals surface area contributed by atoms with Gasteiger partial charge in [0, 0.05) is 45.8 Å². The first-order valence-electron chi connectivity index (χ1n) is 10.4. The summed E-state index contributed by atoms with van der Waals surface area (Å²) in [5.74, 6) is 0.723. The first-order valence-corrected chi connectivity index (χ1v) is 12.0. The van der Waals surface area contributed by atoms with E-state index in [-0.39, 0.29) is 29.7 Å². The van der Waals surface area contributed by atoms with E-state index in [1.165, 1.54) is 29.0 Å². The number of halogens is 1. The van der Waals surface area contributed by atoms with Gasteiger partial charge in [0.1, 0.15) is 12.0 Å². The summed E-state index contributed by atoms with van der Waals surface area (Å²) in [5, 5.41) is 7.25. The standard InChI is InChI=1S/C21H29N5O3S.HI/c1-22-20(23-17-21(8-9-21)15-18-5-3-2-4-6-18)25-10-12-26(13-11-25)30(27,28)16-19-7-14-29-24-19;/h2-7,14H,8-13,15-17H2,1H3,(H,22,23);1H. The molecule has 1 N–H and O–H groups in total. The minimum atomic E-state index is -3.40. The predicted molar refractivity (Wildman–Crippen MR) is 131 cm³/mol. The summed E-state index contributed by atoms with van der Waals surface area (Å²) in [6, 6.07) is 12.2. The van der Waals surface area contributed by atoms with E-state index in [1.54, 1.807) is 13.1 Å². The zero-order valence-corrected chi connectivity index (χ0v) is 20.9. The van der Waals surface area contributed by atoms with Gasteiger partial charge in [-0.05, 0) is 30.2 Å². The van der Waals surface area contributed by atoms with E-state index in [0.717, 1.165) is 18.9 Å². The maximum atomic E-state index is 12.6. The summed E-state index contributed by atoms with van der Waals surface area (Å²) in [7, 11) is -1.61. The number of nitrogens with zero attached hydrogens (tertiary/aromatic N) is 4. The number of aliphatic imine (C=N–C) groups is 1. The van der Waals surface area contributed by atoms with Crippen LogP contribution < -0.4 is 5.32 Å². The highest BCUT2D eigenvalue weighted by Gasteiger charge is 2.42. The van der Waals surface area contributed by atoms with Gasteiger partial charge in [-0.25, -0.2) is 8.42 Å². The summed E-state index contributed by atoms with van der Waals surface area (Å²) >= 11 is 0. The minimum absolute atomic E-state index is 0. The summed E-state index contributed by atoms with van der Waals surface area (Å²) in [6.45, 7) is 3.00. The summed E-state index contributed by atoms with van der Waals surface area (Å²) in [5.41, 5.74) is 2.11. The van der Waals surface area contributed by atoms with Crippen LogP contribution in [0.1, 0.15) is 24.1 Å². The van der Waals surface area contributed by atoms with E-state index >= 15 is 0 Å². The van der Waals surface area contributed by atoms with Gasteiger partial charge in [-0.3, -0.25) is 4.99 Å². The van der Waals surface area contributed by atoms with Gasteiger partial charge < -0.3 is 14.7 Å². The van der Waals surface area contributed by atoms with Gasteiger partial charge in [-0.15, -0.1) is 24.0 Å². The number of hydrogen-bond acceptors (Lipinski definition) is 5. The third kappa shape index (κ3) is 6.19. The van der Waals surface area contributed by atoms with E-state index < -0.39 is 10.0 Å². The fourth-order valence-corrected chi connectivity index (χ4v) is 5.41. The Morgan fingerprint density at radius 3 is 2.45 bits per heavy atom. The molecule has 1 saturated heterocycles. The maximum Gasteiger partial charge on any atom is 0.220 e. The lowest BCUT2D eigenvalue weighted by molar-refractivity contribution is 0.258. The van der Waals surface area contributed by atoms with Gasteiger partial charge in [0.2, 0.25) is 10.0 Å². The highest BCUT2D eigenvalue weighted by molar-refractivity contribution is 14.0. The van der Waals surface area contributed by atoms with Crippen LogP contribution in [-0.4, -0.2) is 68.5 Å². The molecule has 1 aliphatic carbocycles. The van der Waals surface area contributed by atoms with Gasteiger partial charge >= 0.3 is 0 Å². The molecule has 1 aromatic heterocycles. The third-order valence-electron chi connectivity index (χ3n) is 5.97. The lowest BCUT2D eigenvalue weighted by Gasteiger charge is -2.36. The molecule has 170 valence electrons. The molecule has 2 aromatic rings. The molecule has 31 heavy (non-hydrogen) atoms. The van der Waals surface area contributed by atoms with Crippen LogP contribution in [0.4, 0.5) is 0 Å². The molecule has 0 atom stereocenters. The van der Waals surface area contributed by atoms with Crippen LogP contribution in [-0.2, 0) is 22.2 Å². The van der Waals surface area contributed by atoms with Crippen LogP contribution in [0.25, 0.3) is 0 Å². The van der Waals surface area contributed by atoms with Crippen molar-refractivity contribution in [1.29, 1.82) is 0 Å². The average molecular weight is 559 g/mol. The lowest BCUT2D eigenvalue weighted by atomic mass is 9.96. The van der Waals surface area contributed by atoms with Crippen molar-refractivity contribution in [3.63, 3.8) is 0 Å². The Morgan fingerprint density at radius 1 is 1.16 bits per heavy atom. The number of benzene rings is 1. The highest BCUT2D eigenvalue weighted by Crippen LogP contribution is 2.47. The number of sulfonamides is 1. The Morgan fingerprint density at radius 2 is 1.87 bits per heavy atom. The van der Waals surface area contributed by atoms with Crippen molar-refractivity contribution in [2.75, 3.05) is 39.8 Å². The molecule has 0 amide bonds. The van der Waals surface area contributed by atoms with Crippen molar-refractivity contribution in [3.8, 4) is 0 Å². The molecule has 8 nitrogen and oxygen atoms in total. The zero-order valence-electron chi connectivity index (χ0n) is 17.7. The van der Waals surface area contributed by atoms with Crippen LogP contribution in [0.3, 0.4) is 0 Å². The van der Waals surface area contributed by atoms with Crippen molar-refractivity contribution in [2.45, 2.75) is 25.0 Å². The number of hydrogen-bond donors (Lipinski definition) is 1. The molecule has 0 unspecified atom stereocenters. The maximum absolute atomic E-state index is 12.6. The zero-order chi connectivity index (χ0) is 21.0. The van der Waals surface area contributed by atoms with Gasteiger partial charge in [0.25, 0.3) is 0 Å². The summed E-state index contributed by atoms with van der Waals surface area (Å²) in [6.07, 6.45) is 4.91. The van der Waals surface area contributed by atoms with E-state index in [4.69, 9.17) is 4.52 Å². The quantitative estimate of drug-likeness (QED) is 0.318. The molecule has 1 aromatic carbocycles. The molecule has 4 rings (SSSR count). The van der Waals surface area contributed by atoms with Crippen LogP contribution in [0.5, 0.6) is 0 Å². The van der Waals surface area contributed by atoms with Crippen molar-refractivity contribution in [3.05, 3.63) is 53.9 Å². The normalized spacial score (nSPS) is 19.0. The molecule has 1 saturated carbocycles. The fraction of sp³-hybridized carbons (Fsp3) is 0.524. The molecule has 0 spiro atoms. The Bertz CT molecular complexity index is 954. The molecule has 1 aliphatic heterocycles. The third-order valence-corrected chi connectivity index (χ3v) is 7.78. The van der Waals surface area contributed by atoms with Crippen LogP contribution in [0.15, 0.2) is 52.2 Å². The molecule has 0 radical (unpaired) electrons. The van der Waals surface area contributed by atoms with Gasteiger partial charge in [0.05, 0.1) is 5.69 Å². The molecule has 0 bridgehead atoms. The topological polar surface area (TPSA) is 91.0 Å². The van der Waals surface area contributed by atoms with E-state index in [9.17, 15) is 8.42 Å². The summed E-state index contributed by atoms with van der Waals surface area (Å²) < 4.78 is 31.5. The van der Waals surface area contributed by atoms with E-state index in [2.05, 4.69) is 50.7 Å². The Balaban J connectivity index is 0.00000272. The average Bonchev–Trinajstić information content (AvgIpc) is 3.32. The Hall–Kier alpha value is -1.66. The first-order chi connectivity index (χ1) is 14.5. The SMILES string of the molecule is CN=C(NCC1(Cc2ccccc2)CC1)N1CCN(S(=O)(=O)Cc2ccon2)CC1.I. The van der Waals surface area contributed by atoms with Crippen molar-refractivity contribution < 1.29 is 12.9 Å². The molecular formula is C21H30IN5O3S. The largest absolute Gasteiger partial charge is 0.364 e. The molecule has 2 aliphatic rings. The first kappa shape index (κ1) is 24.0. The Kier molecular flexibility index (Phi) is 7.98. The summed E-state index contributed by atoms with van der Waals surface area (Å²) in [4.78, 5) is 6.58. The molecule has 10 heteroatoms. The van der Waals surface area contributed by atoms with Crippen LogP contribution >= 0.6 is 24.0 Å². The highest BCUT2D eigenvalue weighted by atomic mass is 127. The number of piperazine rings is 1. The molecule has 2 fully saturated rings. The second kappa shape index (κ2) is 10.3. The molecular weight excluding hydrogens is 529 g/mol. The van der Waals surface area contributed by atoms with Crippen molar-refractivity contribution in [2.24, 2.45) is 10.4 Å². The van der Waals surface area contributed by atoms with Gasteiger partial charge in [-0.2, -0.15) is 4.31 Å². The Labute approximate surface area is 201 Å². The second-order valence-corrected chi connectivity index (χ2v) is 10.2.